The van der Waals surface area contributed by atoms with Crippen LogP contribution in [-0.2, 0) is 24.2 Å². The van der Waals surface area contributed by atoms with Crippen LogP contribution in [0.4, 0.5) is 26.3 Å². The van der Waals surface area contributed by atoms with Gasteiger partial charge >= 0.3 is 12.4 Å². The molecule has 0 fully saturated rings. The number of unbranched alkanes of at least 4 members (excludes halogenated alkanes) is 1. The van der Waals surface area contributed by atoms with Crippen LogP contribution in [0.3, 0.4) is 0 Å². The number of rotatable bonds is 4. The molecule has 0 heterocycles. The molecule has 1 aromatic rings. The standard InChI is InChI=1S/C16H21F6N/c1-14(2,3)11-8-10(6-4-5-7-23)9-12(15(17,18)19)13(11)16(20,21)22/h8-9H,4-7,23H2,1-3H3. The summed E-state index contributed by atoms with van der Waals surface area (Å²) < 4.78 is 79.5. The minimum Gasteiger partial charge on any atom is -0.330 e. The molecule has 0 aliphatic rings. The maximum absolute atomic E-state index is 13.3. The lowest BCUT2D eigenvalue weighted by Crippen LogP contribution is -2.25. The molecular weight excluding hydrogens is 320 g/mol. The van der Waals surface area contributed by atoms with Gasteiger partial charge in [0.25, 0.3) is 0 Å². The van der Waals surface area contributed by atoms with Crippen molar-refractivity contribution in [3.63, 3.8) is 0 Å². The Bertz CT molecular complexity index is 502. The third kappa shape index (κ3) is 5.12. The van der Waals surface area contributed by atoms with Crippen LogP contribution in [0.2, 0.25) is 0 Å². The average molecular weight is 341 g/mol. The number of hydrogen-bond donors (Lipinski definition) is 1. The van der Waals surface area contributed by atoms with Crippen LogP contribution >= 0.6 is 0 Å². The van der Waals surface area contributed by atoms with Crippen molar-refractivity contribution in [1.29, 1.82) is 0 Å². The maximum atomic E-state index is 13.3. The number of halogens is 6. The molecule has 0 amide bonds. The van der Waals surface area contributed by atoms with Gasteiger partial charge in [-0.2, -0.15) is 26.3 Å². The first-order valence-corrected chi connectivity index (χ1v) is 7.30. The van der Waals surface area contributed by atoms with Crippen LogP contribution in [0.5, 0.6) is 0 Å². The van der Waals surface area contributed by atoms with Crippen molar-refractivity contribution in [3.8, 4) is 0 Å². The Hall–Kier alpha value is -1.24. The van der Waals surface area contributed by atoms with Gasteiger partial charge in [-0.05, 0) is 48.4 Å². The first-order valence-electron chi connectivity index (χ1n) is 7.30. The molecule has 0 spiro atoms. The molecular formula is C16H21F6N. The fraction of sp³-hybridized carbons (Fsp3) is 0.625. The van der Waals surface area contributed by atoms with Crippen LogP contribution in [0.1, 0.15) is 55.9 Å². The molecule has 0 unspecified atom stereocenters. The highest BCUT2D eigenvalue weighted by molar-refractivity contribution is 5.46. The molecule has 1 rings (SSSR count). The molecule has 0 aromatic heterocycles. The minimum atomic E-state index is -5.07. The average Bonchev–Trinajstić information content (AvgIpc) is 2.34. The van der Waals surface area contributed by atoms with Crippen LogP contribution in [0, 0.1) is 0 Å². The van der Waals surface area contributed by atoms with Crippen molar-refractivity contribution in [2.75, 3.05) is 6.54 Å². The van der Waals surface area contributed by atoms with Gasteiger partial charge in [0, 0.05) is 0 Å². The summed E-state index contributed by atoms with van der Waals surface area (Å²) in [5.74, 6) is 0. The molecule has 0 bridgehead atoms. The minimum absolute atomic E-state index is 0.253. The summed E-state index contributed by atoms with van der Waals surface area (Å²) >= 11 is 0. The van der Waals surface area contributed by atoms with E-state index in [1.54, 1.807) is 0 Å². The van der Waals surface area contributed by atoms with E-state index in [9.17, 15) is 26.3 Å². The Labute approximate surface area is 131 Å². The molecule has 0 saturated carbocycles. The topological polar surface area (TPSA) is 26.0 Å². The van der Waals surface area contributed by atoms with Crippen molar-refractivity contribution in [2.24, 2.45) is 5.73 Å². The first-order chi connectivity index (χ1) is 10.3. The normalized spacial score (nSPS) is 13.5. The summed E-state index contributed by atoms with van der Waals surface area (Å²) in [6.07, 6.45) is -8.73. The first kappa shape index (κ1) is 19.8. The summed E-state index contributed by atoms with van der Waals surface area (Å²) in [4.78, 5) is 0. The van der Waals surface area contributed by atoms with Crippen LogP contribution in [0.15, 0.2) is 12.1 Å². The monoisotopic (exact) mass is 341 g/mol. The van der Waals surface area contributed by atoms with Crippen LogP contribution in [-0.4, -0.2) is 6.54 Å². The highest BCUT2D eigenvalue weighted by Crippen LogP contribution is 2.45. The van der Waals surface area contributed by atoms with Crippen molar-refractivity contribution in [3.05, 3.63) is 34.4 Å². The summed E-state index contributed by atoms with van der Waals surface area (Å²) in [6.45, 7) is 4.81. The summed E-state index contributed by atoms with van der Waals surface area (Å²) in [7, 11) is 0. The zero-order valence-electron chi connectivity index (χ0n) is 13.3. The van der Waals surface area contributed by atoms with Crippen molar-refractivity contribution >= 4 is 0 Å². The molecule has 2 N–H and O–H groups in total. The Morgan fingerprint density at radius 3 is 1.74 bits per heavy atom. The zero-order valence-corrected chi connectivity index (χ0v) is 13.3. The van der Waals surface area contributed by atoms with E-state index in [-0.39, 0.29) is 17.5 Å². The smallest absolute Gasteiger partial charge is 0.330 e. The molecule has 0 aliphatic carbocycles. The second kappa shape index (κ2) is 6.71. The molecule has 0 atom stereocenters. The molecule has 0 radical (unpaired) electrons. The predicted molar refractivity (Wildman–Crippen MR) is 77.1 cm³/mol. The SMILES string of the molecule is CC(C)(C)c1cc(CCCCN)cc(C(F)(F)F)c1C(F)(F)F. The number of aryl methyl sites for hydroxylation is 1. The molecule has 0 saturated heterocycles. The number of alkyl halides is 6. The lowest BCUT2D eigenvalue weighted by Gasteiger charge is -2.28. The summed E-state index contributed by atoms with van der Waals surface area (Å²) in [5.41, 5.74) is 1.01. The lowest BCUT2D eigenvalue weighted by atomic mass is 9.80. The Balaban J connectivity index is 3.60. The van der Waals surface area contributed by atoms with Crippen molar-refractivity contribution in [1.82, 2.24) is 0 Å². The maximum Gasteiger partial charge on any atom is 0.417 e. The van der Waals surface area contributed by atoms with E-state index in [0.717, 1.165) is 0 Å². The molecule has 0 aliphatic heterocycles. The van der Waals surface area contributed by atoms with Crippen molar-refractivity contribution < 1.29 is 26.3 Å². The third-order valence-corrected chi connectivity index (χ3v) is 3.51. The molecule has 1 nitrogen and oxygen atoms in total. The van der Waals surface area contributed by atoms with E-state index >= 15 is 0 Å². The quantitative estimate of drug-likeness (QED) is 0.583. The van der Waals surface area contributed by atoms with Gasteiger partial charge in [0.15, 0.2) is 0 Å². The van der Waals surface area contributed by atoms with Gasteiger partial charge in [0.1, 0.15) is 0 Å². The number of hydrogen-bond acceptors (Lipinski definition) is 1. The molecule has 23 heavy (non-hydrogen) atoms. The highest BCUT2D eigenvalue weighted by atomic mass is 19.4. The van der Waals surface area contributed by atoms with Gasteiger partial charge in [-0.25, -0.2) is 0 Å². The van der Waals surface area contributed by atoms with E-state index in [2.05, 4.69) is 0 Å². The Morgan fingerprint density at radius 1 is 0.826 bits per heavy atom. The zero-order chi connectivity index (χ0) is 18.1. The predicted octanol–water partition coefficient (Wildman–Crippen LogP) is 5.30. The van der Waals surface area contributed by atoms with Gasteiger partial charge in [-0.3, -0.25) is 0 Å². The lowest BCUT2D eigenvalue weighted by molar-refractivity contribution is -0.162. The Kier molecular flexibility index (Phi) is 5.78. The summed E-state index contributed by atoms with van der Waals surface area (Å²) in [6, 6.07) is 1.86. The second-order valence-electron chi connectivity index (χ2n) is 6.56. The van der Waals surface area contributed by atoms with Crippen molar-refractivity contribution in [2.45, 2.75) is 57.8 Å². The van der Waals surface area contributed by atoms with Crippen LogP contribution in [0.25, 0.3) is 0 Å². The largest absolute Gasteiger partial charge is 0.417 e. The van der Waals surface area contributed by atoms with Gasteiger partial charge < -0.3 is 5.73 Å². The fourth-order valence-electron chi connectivity index (χ4n) is 2.44. The van der Waals surface area contributed by atoms with E-state index in [1.165, 1.54) is 26.8 Å². The van der Waals surface area contributed by atoms with E-state index in [4.69, 9.17) is 5.73 Å². The molecule has 7 heteroatoms. The van der Waals surface area contributed by atoms with Gasteiger partial charge in [0.2, 0.25) is 0 Å². The summed E-state index contributed by atoms with van der Waals surface area (Å²) in [5, 5.41) is 0. The molecule has 1 aromatic carbocycles. The third-order valence-electron chi connectivity index (χ3n) is 3.51. The second-order valence-corrected chi connectivity index (χ2v) is 6.56. The van der Waals surface area contributed by atoms with E-state index in [0.29, 0.717) is 25.5 Å². The Morgan fingerprint density at radius 2 is 1.35 bits per heavy atom. The number of benzene rings is 1. The van der Waals surface area contributed by atoms with Crippen LogP contribution < -0.4 is 5.73 Å². The number of nitrogens with two attached hydrogens (primary N) is 1. The van der Waals surface area contributed by atoms with Gasteiger partial charge in [-0.15, -0.1) is 0 Å². The fourth-order valence-corrected chi connectivity index (χ4v) is 2.44. The van der Waals surface area contributed by atoms with Gasteiger partial charge in [0.05, 0.1) is 11.1 Å². The highest BCUT2D eigenvalue weighted by Gasteiger charge is 2.46. The van der Waals surface area contributed by atoms with Gasteiger partial charge in [-0.1, -0.05) is 26.8 Å². The van der Waals surface area contributed by atoms with E-state index < -0.39 is 28.9 Å². The van der Waals surface area contributed by atoms with E-state index in [1.807, 2.05) is 0 Å². The molecule has 132 valence electrons.